The largest absolute Gasteiger partial charge is 0.393 e. The topological polar surface area (TPSA) is 63.6 Å². The Hall–Kier alpha value is -0.130. The van der Waals surface area contributed by atoms with Crippen molar-refractivity contribution in [1.82, 2.24) is 0 Å². The normalized spacial score (nSPS) is 33.9. The van der Waals surface area contributed by atoms with E-state index >= 15 is 0 Å². The number of hydrogen-bond donors (Lipinski definition) is 1. The zero-order chi connectivity index (χ0) is 12.3. The summed E-state index contributed by atoms with van der Waals surface area (Å²) in [4.78, 5) is 0. The maximum Gasteiger partial charge on any atom is 0.150 e. The third-order valence-electron chi connectivity index (χ3n) is 3.86. The van der Waals surface area contributed by atoms with Crippen LogP contribution in [0.4, 0.5) is 0 Å². The molecule has 2 heterocycles. The van der Waals surface area contributed by atoms with Gasteiger partial charge in [-0.05, 0) is 44.4 Å². The van der Waals surface area contributed by atoms with Gasteiger partial charge in [-0.15, -0.1) is 0 Å². The number of rotatable bonds is 5. The lowest BCUT2D eigenvalue weighted by Crippen LogP contribution is -2.22. The smallest absolute Gasteiger partial charge is 0.150 e. The summed E-state index contributed by atoms with van der Waals surface area (Å²) in [5.41, 5.74) is 0. The highest BCUT2D eigenvalue weighted by molar-refractivity contribution is 7.91. The first kappa shape index (κ1) is 13.3. The van der Waals surface area contributed by atoms with Crippen molar-refractivity contribution >= 4 is 9.84 Å². The zero-order valence-electron chi connectivity index (χ0n) is 10.2. The molecule has 2 rings (SSSR count). The number of aliphatic hydroxyl groups excluding tert-OH is 1. The summed E-state index contributed by atoms with van der Waals surface area (Å²) in [7, 11) is -2.87. The van der Waals surface area contributed by atoms with Crippen molar-refractivity contribution in [1.29, 1.82) is 0 Å². The van der Waals surface area contributed by atoms with Crippen LogP contribution in [-0.4, -0.2) is 43.8 Å². The molecule has 0 amide bonds. The Labute approximate surface area is 103 Å². The van der Waals surface area contributed by atoms with Gasteiger partial charge in [-0.3, -0.25) is 0 Å². The third-order valence-corrected chi connectivity index (χ3v) is 5.66. The Balaban J connectivity index is 1.65. The minimum absolute atomic E-state index is 0.0375. The summed E-state index contributed by atoms with van der Waals surface area (Å²) in [6.45, 7) is 0.869. The van der Waals surface area contributed by atoms with E-state index in [-0.39, 0.29) is 17.4 Å². The quantitative estimate of drug-likeness (QED) is 0.807. The van der Waals surface area contributed by atoms with Gasteiger partial charge in [0.15, 0.2) is 9.84 Å². The van der Waals surface area contributed by atoms with Crippen LogP contribution in [0.2, 0.25) is 0 Å². The molecule has 0 radical (unpaired) electrons. The molecule has 1 N–H and O–H groups in total. The molecule has 2 aliphatic rings. The lowest BCUT2D eigenvalue weighted by Gasteiger charge is -2.17. The molecule has 0 saturated carbocycles. The van der Waals surface area contributed by atoms with E-state index in [2.05, 4.69) is 0 Å². The highest BCUT2D eigenvalue weighted by atomic mass is 32.2. The summed E-state index contributed by atoms with van der Waals surface area (Å²) in [5.74, 6) is 0.388. The molecule has 5 heteroatoms. The molecule has 2 saturated heterocycles. The lowest BCUT2D eigenvalue weighted by atomic mass is 9.96. The van der Waals surface area contributed by atoms with Gasteiger partial charge in [-0.25, -0.2) is 8.42 Å². The van der Waals surface area contributed by atoms with Crippen LogP contribution in [0.1, 0.15) is 38.5 Å². The fraction of sp³-hybridized carbons (Fsp3) is 1.00. The van der Waals surface area contributed by atoms with Gasteiger partial charge >= 0.3 is 0 Å². The third kappa shape index (κ3) is 3.93. The highest BCUT2D eigenvalue weighted by Gasteiger charge is 2.32. The molecular weight excluding hydrogens is 240 g/mol. The van der Waals surface area contributed by atoms with Gasteiger partial charge in [0.25, 0.3) is 0 Å². The van der Waals surface area contributed by atoms with Gasteiger partial charge < -0.3 is 9.84 Å². The predicted molar refractivity (Wildman–Crippen MR) is 65.6 cm³/mol. The van der Waals surface area contributed by atoms with Crippen LogP contribution in [0.5, 0.6) is 0 Å². The molecule has 0 aromatic rings. The van der Waals surface area contributed by atoms with E-state index in [9.17, 15) is 13.5 Å². The van der Waals surface area contributed by atoms with Gasteiger partial charge in [0.1, 0.15) is 0 Å². The van der Waals surface area contributed by atoms with E-state index in [1.54, 1.807) is 0 Å². The molecule has 3 unspecified atom stereocenters. The van der Waals surface area contributed by atoms with E-state index in [0.717, 1.165) is 32.3 Å². The van der Waals surface area contributed by atoms with Crippen LogP contribution in [0.25, 0.3) is 0 Å². The number of aliphatic hydroxyl groups is 1. The molecule has 0 aromatic carbocycles. The molecule has 0 spiro atoms. The second-order valence-corrected chi connectivity index (χ2v) is 7.53. The summed E-state index contributed by atoms with van der Waals surface area (Å²) in [5, 5.41) is 9.95. The van der Waals surface area contributed by atoms with Gasteiger partial charge in [-0.2, -0.15) is 0 Å². The van der Waals surface area contributed by atoms with Crippen LogP contribution in [0.3, 0.4) is 0 Å². The fourth-order valence-electron chi connectivity index (χ4n) is 2.79. The van der Waals surface area contributed by atoms with E-state index < -0.39 is 15.9 Å². The Morgan fingerprint density at radius 2 is 2.18 bits per heavy atom. The average molecular weight is 262 g/mol. The molecule has 0 aliphatic carbocycles. The maximum absolute atomic E-state index is 11.3. The molecule has 3 atom stereocenters. The van der Waals surface area contributed by atoms with Gasteiger partial charge in [-0.1, -0.05) is 0 Å². The molecule has 4 nitrogen and oxygen atoms in total. The summed E-state index contributed by atoms with van der Waals surface area (Å²) < 4.78 is 28.1. The highest BCUT2D eigenvalue weighted by Crippen LogP contribution is 2.25. The van der Waals surface area contributed by atoms with Gasteiger partial charge in [0, 0.05) is 6.61 Å². The first-order valence-electron chi connectivity index (χ1n) is 6.57. The predicted octanol–water partition coefficient (Wildman–Crippen LogP) is 1.13. The lowest BCUT2D eigenvalue weighted by molar-refractivity contribution is 0.0823. The van der Waals surface area contributed by atoms with Crippen LogP contribution >= 0.6 is 0 Å². The zero-order valence-corrected chi connectivity index (χ0v) is 11.0. The first-order chi connectivity index (χ1) is 8.07. The van der Waals surface area contributed by atoms with E-state index in [1.807, 2.05) is 0 Å². The maximum atomic E-state index is 11.3. The van der Waals surface area contributed by atoms with Crippen molar-refractivity contribution in [2.45, 2.75) is 50.7 Å². The molecule has 2 aliphatic heterocycles. The summed E-state index contributed by atoms with van der Waals surface area (Å²) >= 11 is 0. The number of ether oxygens (including phenoxy) is 1. The average Bonchev–Trinajstić information content (AvgIpc) is 2.87. The Bertz CT molecular complexity index is 332. The van der Waals surface area contributed by atoms with Gasteiger partial charge in [0.2, 0.25) is 0 Å². The van der Waals surface area contributed by atoms with Gasteiger partial charge in [0.05, 0.1) is 23.7 Å². The first-order valence-corrected chi connectivity index (χ1v) is 8.39. The van der Waals surface area contributed by atoms with E-state index in [4.69, 9.17) is 4.74 Å². The molecular formula is C12H22O4S. The summed E-state index contributed by atoms with van der Waals surface area (Å²) in [6.07, 6.45) is 5.47. The Morgan fingerprint density at radius 3 is 2.76 bits per heavy atom. The summed E-state index contributed by atoms with van der Waals surface area (Å²) in [6, 6.07) is 0. The number of sulfone groups is 1. The fourth-order valence-corrected chi connectivity index (χ4v) is 4.66. The molecule has 2 fully saturated rings. The van der Waals surface area contributed by atoms with Crippen molar-refractivity contribution < 1.29 is 18.3 Å². The van der Waals surface area contributed by atoms with Crippen molar-refractivity contribution in [2.24, 2.45) is 5.92 Å². The second kappa shape index (κ2) is 5.67. The standard InChI is InChI=1S/C12H22O4S/c13-12(10-6-8-17(14,15)9-10)5-1-3-11-4-2-7-16-11/h10-13H,1-9H2. The molecule has 0 aromatic heterocycles. The van der Waals surface area contributed by atoms with Crippen LogP contribution < -0.4 is 0 Å². The van der Waals surface area contributed by atoms with E-state index in [1.165, 1.54) is 0 Å². The second-order valence-electron chi connectivity index (χ2n) is 5.30. The van der Waals surface area contributed by atoms with Crippen LogP contribution in [0.15, 0.2) is 0 Å². The van der Waals surface area contributed by atoms with E-state index in [0.29, 0.717) is 18.9 Å². The van der Waals surface area contributed by atoms with Crippen molar-refractivity contribution in [2.75, 3.05) is 18.1 Å². The van der Waals surface area contributed by atoms with Crippen molar-refractivity contribution in [3.63, 3.8) is 0 Å². The van der Waals surface area contributed by atoms with Crippen LogP contribution in [-0.2, 0) is 14.6 Å². The Kier molecular flexibility index (Phi) is 4.44. The monoisotopic (exact) mass is 262 g/mol. The van der Waals surface area contributed by atoms with Crippen molar-refractivity contribution in [3.8, 4) is 0 Å². The van der Waals surface area contributed by atoms with Crippen LogP contribution in [0, 0.1) is 5.92 Å². The molecule has 17 heavy (non-hydrogen) atoms. The molecule has 100 valence electrons. The SMILES string of the molecule is O=S1(=O)CCC(C(O)CCCC2CCCO2)C1. The number of hydrogen-bond acceptors (Lipinski definition) is 4. The minimum Gasteiger partial charge on any atom is -0.393 e. The molecule has 0 bridgehead atoms. The minimum atomic E-state index is -2.87. The van der Waals surface area contributed by atoms with Crippen molar-refractivity contribution in [3.05, 3.63) is 0 Å². The Morgan fingerprint density at radius 1 is 1.35 bits per heavy atom.